The number of nitrogens with zero attached hydrogens (tertiary/aromatic N) is 4. The fourth-order valence-corrected chi connectivity index (χ4v) is 4.53. The van der Waals surface area contributed by atoms with E-state index >= 15 is 0 Å². The van der Waals surface area contributed by atoms with Gasteiger partial charge in [-0.25, -0.2) is 15.0 Å². The first-order valence-corrected chi connectivity index (χ1v) is 11.5. The van der Waals surface area contributed by atoms with E-state index in [1.54, 1.807) is 0 Å². The van der Waals surface area contributed by atoms with Gasteiger partial charge in [0.05, 0.1) is 12.2 Å². The quantitative estimate of drug-likeness (QED) is 0.386. The molecule has 1 aliphatic heterocycles. The average Bonchev–Trinajstić information content (AvgIpc) is 3.08. The van der Waals surface area contributed by atoms with E-state index in [2.05, 4.69) is 51.9 Å². The van der Waals surface area contributed by atoms with Crippen LogP contribution in [0.15, 0.2) is 28.5 Å². The van der Waals surface area contributed by atoms with Crippen molar-refractivity contribution in [2.24, 2.45) is 0 Å². The lowest BCUT2D eigenvalue weighted by Crippen LogP contribution is -2.36. The standard InChI is InChI=1S/C23H29N7OS/c1-6-15-10-16-17(31-14(2)12-25-16)11-18(15)32-22-29-19-20(24)26-13-27-21(19)30(22)9-7-8-28-23(3,4)5/h1,10-11,13-14,25,28H,7-9,12H2,2-5H3,(H2,24,26,27). The maximum absolute atomic E-state index is 6.10. The topological polar surface area (TPSA) is 103 Å². The van der Waals surface area contributed by atoms with E-state index in [4.69, 9.17) is 21.9 Å². The van der Waals surface area contributed by atoms with Crippen LogP contribution in [-0.2, 0) is 6.54 Å². The maximum atomic E-state index is 6.10. The molecule has 0 spiro atoms. The Morgan fingerprint density at radius 2 is 2.19 bits per heavy atom. The molecule has 2 aromatic heterocycles. The minimum Gasteiger partial charge on any atom is -0.487 e. The molecule has 168 valence electrons. The van der Waals surface area contributed by atoms with Crippen LogP contribution in [-0.4, -0.2) is 44.3 Å². The summed E-state index contributed by atoms with van der Waals surface area (Å²) in [7, 11) is 0. The van der Waals surface area contributed by atoms with E-state index in [9.17, 15) is 0 Å². The van der Waals surface area contributed by atoms with Crippen molar-refractivity contribution in [2.75, 3.05) is 24.1 Å². The number of hydrogen-bond donors (Lipinski definition) is 3. The van der Waals surface area contributed by atoms with Crippen molar-refractivity contribution >= 4 is 34.4 Å². The second-order valence-electron chi connectivity index (χ2n) is 8.91. The molecule has 9 heteroatoms. The first-order chi connectivity index (χ1) is 15.2. The fourth-order valence-electron chi connectivity index (χ4n) is 3.52. The molecule has 4 N–H and O–H groups in total. The Morgan fingerprint density at radius 1 is 1.38 bits per heavy atom. The number of fused-ring (bicyclic) bond motifs is 2. The summed E-state index contributed by atoms with van der Waals surface area (Å²) in [5.41, 5.74) is 9.19. The molecule has 0 amide bonds. The number of nitrogens with one attached hydrogen (secondary N) is 2. The number of hydrogen-bond acceptors (Lipinski definition) is 8. The monoisotopic (exact) mass is 451 g/mol. The third-order valence-corrected chi connectivity index (χ3v) is 6.14. The Hall–Kier alpha value is -2.96. The van der Waals surface area contributed by atoms with Crippen molar-refractivity contribution in [2.45, 2.75) is 62.4 Å². The van der Waals surface area contributed by atoms with E-state index in [1.807, 2.05) is 19.1 Å². The van der Waals surface area contributed by atoms with Gasteiger partial charge in [-0.3, -0.25) is 0 Å². The molecule has 8 nitrogen and oxygen atoms in total. The van der Waals surface area contributed by atoms with E-state index in [1.165, 1.54) is 18.1 Å². The van der Waals surface area contributed by atoms with Gasteiger partial charge in [0.2, 0.25) is 0 Å². The zero-order valence-electron chi connectivity index (χ0n) is 18.9. The highest BCUT2D eigenvalue weighted by Gasteiger charge is 2.21. The third kappa shape index (κ3) is 4.76. The lowest BCUT2D eigenvalue weighted by Gasteiger charge is -2.25. The van der Waals surface area contributed by atoms with Crippen LogP contribution in [0.25, 0.3) is 11.2 Å². The molecule has 0 radical (unpaired) electrons. The van der Waals surface area contributed by atoms with Crippen LogP contribution in [0.4, 0.5) is 11.5 Å². The highest BCUT2D eigenvalue weighted by Crippen LogP contribution is 2.39. The van der Waals surface area contributed by atoms with Crippen LogP contribution >= 0.6 is 11.8 Å². The van der Waals surface area contributed by atoms with Gasteiger partial charge in [-0.15, -0.1) is 6.42 Å². The molecular weight excluding hydrogens is 422 g/mol. The van der Waals surface area contributed by atoms with Gasteiger partial charge in [0.1, 0.15) is 18.2 Å². The highest BCUT2D eigenvalue weighted by atomic mass is 32.2. The molecule has 3 aromatic rings. The number of nitrogen functional groups attached to an aromatic ring is 1. The van der Waals surface area contributed by atoms with Crippen LogP contribution in [0.1, 0.15) is 39.7 Å². The van der Waals surface area contributed by atoms with Crippen molar-refractivity contribution in [1.82, 2.24) is 24.8 Å². The third-order valence-electron chi connectivity index (χ3n) is 5.09. The van der Waals surface area contributed by atoms with Gasteiger partial charge in [0.25, 0.3) is 0 Å². The van der Waals surface area contributed by atoms with Gasteiger partial charge >= 0.3 is 0 Å². The SMILES string of the molecule is C#Cc1cc2c(cc1Sc1nc3c(N)ncnc3n1CCCNC(C)(C)C)OC(C)CN2. The second kappa shape index (κ2) is 8.88. The van der Waals surface area contributed by atoms with Crippen LogP contribution in [0.5, 0.6) is 5.75 Å². The van der Waals surface area contributed by atoms with Crippen LogP contribution in [0, 0.1) is 12.3 Å². The van der Waals surface area contributed by atoms with Crippen molar-refractivity contribution in [3.63, 3.8) is 0 Å². The van der Waals surface area contributed by atoms with Crippen molar-refractivity contribution in [3.05, 3.63) is 24.0 Å². The summed E-state index contributed by atoms with van der Waals surface area (Å²) < 4.78 is 8.09. The predicted octanol–water partition coefficient (Wildman–Crippen LogP) is 3.51. The van der Waals surface area contributed by atoms with Gasteiger partial charge < -0.3 is 25.7 Å². The van der Waals surface area contributed by atoms with Crippen molar-refractivity contribution in [1.29, 1.82) is 0 Å². The molecule has 1 aromatic carbocycles. The summed E-state index contributed by atoms with van der Waals surface area (Å²) in [4.78, 5) is 14.2. The molecule has 0 bridgehead atoms. The molecule has 0 fully saturated rings. The van der Waals surface area contributed by atoms with Crippen molar-refractivity contribution < 1.29 is 4.74 Å². The molecule has 3 heterocycles. The smallest absolute Gasteiger partial charge is 0.175 e. The molecule has 1 aliphatic rings. The van der Waals surface area contributed by atoms with Gasteiger partial charge in [-0.05, 0) is 52.8 Å². The maximum Gasteiger partial charge on any atom is 0.175 e. The number of imidazole rings is 1. The Morgan fingerprint density at radius 3 is 2.94 bits per heavy atom. The van der Waals surface area contributed by atoms with E-state index in [0.717, 1.165) is 58.8 Å². The number of ether oxygens (including phenoxy) is 1. The van der Waals surface area contributed by atoms with E-state index in [-0.39, 0.29) is 11.6 Å². The number of anilines is 2. The Labute approximate surface area is 192 Å². The van der Waals surface area contributed by atoms with E-state index in [0.29, 0.717) is 11.3 Å². The molecule has 0 saturated heterocycles. The Kier molecular flexibility index (Phi) is 6.17. The number of aryl methyl sites for hydroxylation is 1. The normalized spacial score (nSPS) is 15.7. The van der Waals surface area contributed by atoms with Gasteiger partial charge in [0.15, 0.2) is 22.1 Å². The zero-order valence-corrected chi connectivity index (χ0v) is 19.7. The zero-order chi connectivity index (χ0) is 22.9. The summed E-state index contributed by atoms with van der Waals surface area (Å²) in [5.74, 6) is 3.96. The Bertz CT molecular complexity index is 1180. The first kappa shape index (κ1) is 22.2. The molecule has 4 rings (SSSR count). The molecule has 1 unspecified atom stereocenters. The lowest BCUT2D eigenvalue weighted by molar-refractivity contribution is 0.225. The summed E-state index contributed by atoms with van der Waals surface area (Å²) in [6, 6.07) is 3.94. The number of rotatable bonds is 6. The summed E-state index contributed by atoms with van der Waals surface area (Å²) in [5, 5.41) is 7.67. The fraction of sp³-hybridized carbons (Fsp3) is 0.435. The molecule has 0 aliphatic carbocycles. The minimum absolute atomic E-state index is 0.0667. The van der Waals surface area contributed by atoms with Crippen LogP contribution < -0.4 is 21.1 Å². The molecular formula is C23H29N7OS. The molecule has 32 heavy (non-hydrogen) atoms. The van der Waals surface area contributed by atoms with Crippen molar-refractivity contribution in [3.8, 4) is 18.1 Å². The second-order valence-corrected chi connectivity index (χ2v) is 9.92. The van der Waals surface area contributed by atoms with Gasteiger partial charge in [-0.1, -0.05) is 17.7 Å². The molecule has 0 saturated carbocycles. The summed E-state index contributed by atoms with van der Waals surface area (Å²) >= 11 is 1.50. The van der Waals surface area contributed by atoms with Crippen LogP contribution in [0.2, 0.25) is 0 Å². The lowest BCUT2D eigenvalue weighted by atomic mass is 10.1. The van der Waals surface area contributed by atoms with E-state index < -0.39 is 0 Å². The van der Waals surface area contributed by atoms with Gasteiger partial charge in [-0.2, -0.15) is 0 Å². The van der Waals surface area contributed by atoms with Gasteiger partial charge in [0, 0.05) is 22.5 Å². The number of aromatic nitrogens is 4. The Balaban J connectivity index is 1.67. The first-order valence-electron chi connectivity index (χ1n) is 10.7. The predicted molar refractivity (Wildman–Crippen MR) is 129 cm³/mol. The summed E-state index contributed by atoms with van der Waals surface area (Å²) in [6.45, 7) is 10.9. The number of nitrogens with two attached hydrogens (primary N) is 1. The highest BCUT2D eigenvalue weighted by molar-refractivity contribution is 7.99. The van der Waals surface area contributed by atoms with Crippen LogP contribution in [0.3, 0.4) is 0 Å². The summed E-state index contributed by atoms with van der Waals surface area (Å²) in [6.07, 6.45) is 8.31. The largest absolute Gasteiger partial charge is 0.487 e. The number of benzene rings is 1. The number of terminal acetylenes is 1. The average molecular weight is 452 g/mol. The molecule has 1 atom stereocenters. The minimum atomic E-state index is 0.0667.